The second-order valence-corrected chi connectivity index (χ2v) is 1.92. The standard InChI is InChI=1S/C6H8F2O2/c7-5(9)3-1-2-4-6(8)10/h1-4H2. The van der Waals surface area contributed by atoms with Gasteiger partial charge in [-0.1, -0.05) is 0 Å². The number of rotatable bonds is 5. The van der Waals surface area contributed by atoms with Gasteiger partial charge in [0, 0.05) is 12.8 Å². The molecule has 0 spiro atoms. The summed E-state index contributed by atoms with van der Waals surface area (Å²) in [5.74, 6) is 0. The van der Waals surface area contributed by atoms with E-state index in [-0.39, 0.29) is 25.7 Å². The van der Waals surface area contributed by atoms with Crippen LogP contribution in [0.15, 0.2) is 0 Å². The Morgan fingerprint density at radius 3 is 1.40 bits per heavy atom. The first-order chi connectivity index (χ1) is 4.63. The highest BCUT2D eigenvalue weighted by Crippen LogP contribution is 2.01. The third kappa shape index (κ3) is 7.20. The van der Waals surface area contributed by atoms with Crippen molar-refractivity contribution in [2.24, 2.45) is 0 Å². The molecule has 0 saturated heterocycles. The molecule has 0 aromatic carbocycles. The Morgan fingerprint density at radius 2 is 1.20 bits per heavy atom. The Balaban J connectivity index is 3.06. The van der Waals surface area contributed by atoms with E-state index >= 15 is 0 Å². The topological polar surface area (TPSA) is 34.1 Å². The van der Waals surface area contributed by atoms with Crippen molar-refractivity contribution < 1.29 is 18.4 Å². The molecule has 0 radical (unpaired) electrons. The highest BCUT2D eigenvalue weighted by Gasteiger charge is 2.00. The molecular weight excluding hydrogens is 142 g/mol. The van der Waals surface area contributed by atoms with Crippen LogP contribution >= 0.6 is 0 Å². The quantitative estimate of drug-likeness (QED) is 0.440. The van der Waals surface area contributed by atoms with Crippen molar-refractivity contribution >= 4 is 12.1 Å². The molecular formula is C6H8F2O2. The number of unbranched alkanes of at least 4 members (excludes halogenated alkanes) is 1. The van der Waals surface area contributed by atoms with Crippen LogP contribution in [0.2, 0.25) is 0 Å². The molecule has 0 bridgehead atoms. The summed E-state index contributed by atoms with van der Waals surface area (Å²) in [6.45, 7) is 0. The molecule has 0 fully saturated rings. The largest absolute Gasteiger partial charge is 0.301 e. The van der Waals surface area contributed by atoms with Gasteiger partial charge < -0.3 is 0 Å². The van der Waals surface area contributed by atoms with E-state index in [1.807, 2.05) is 0 Å². The summed E-state index contributed by atoms with van der Waals surface area (Å²) in [4.78, 5) is 19.3. The number of carbonyl (C=O) groups is 2. The summed E-state index contributed by atoms with van der Waals surface area (Å²) >= 11 is 0. The van der Waals surface area contributed by atoms with Crippen molar-refractivity contribution in [3.63, 3.8) is 0 Å². The molecule has 0 aromatic rings. The Hall–Kier alpha value is -0.800. The summed E-state index contributed by atoms with van der Waals surface area (Å²) in [7, 11) is 0. The van der Waals surface area contributed by atoms with Gasteiger partial charge in [0.15, 0.2) is 0 Å². The lowest BCUT2D eigenvalue weighted by atomic mass is 10.2. The Morgan fingerprint density at radius 1 is 0.900 bits per heavy atom. The maximum Gasteiger partial charge on any atom is 0.301 e. The van der Waals surface area contributed by atoms with E-state index in [9.17, 15) is 18.4 Å². The van der Waals surface area contributed by atoms with Crippen molar-refractivity contribution in [3.05, 3.63) is 0 Å². The van der Waals surface area contributed by atoms with Crippen LogP contribution < -0.4 is 0 Å². The minimum atomic E-state index is -1.41. The molecule has 0 aliphatic carbocycles. The summed E-state index contributed by atoms with van der Waals surface area (Å²) in [6.07, 6.45) is 0.0521. The van der Waals surface area contributed by atoms with Gasteiger partial charge in [0.05, 0.1) is 0 Å². The van der Waals surface area contributed by atoms with Crippen LogP contribution in [0.25, 0.3) is 0 Å². The maximum atomic E-state index is 11.4. The first-order valence-corrected chi connectivity index (χ1v) is 2.99. The van der Waals surface area contributed by atoms with Gasteiger partial charge in [-0.3, -0.25) is 9.59 Å². The second-order valence-electron chi connectivity index (χ2n) is 1.92. The number of halogens is 2. The lowest BCUT2D eigenvalue weighted by molar-refractivity contribution is -0.131. The Bertz CT molecular complexity index is 118. The van der Waals surface area contributed by atoms with Crippen LogP contribution in [0, 0.1) is 0 Å². The van der Waals surface area contributed by atoms with E-state index in [4.69, 9.17) is 0 Å². The minimum absolute atomic E-state index is 0.215. The predicted molar refractivity (Wildman–Crippen MR) is 30.7 cm³/mol. The normalized spacial score (nSPS) is 9.40. The van der Waals surface area contributed by atoms with Crippen LogP contribution in [0.1, 0.15) is 25.7 Å². The van der Waals surface area contributed by atoms with Crippen molar-refractivity contribution in [1.29, 1.82) is 0 Å². The van der Waals surface area contributed by atoms with Gasteiger partial charge in [0.1, 0.15) is 0 Å². The number of hydrogen-bond donors (Lipinski definition) is 0. The zero-order valence-electron chi connectivity index (χ0n) is 5.40. The number of carbonyl (C=O) groups excluding carboxylic acids is 2. The van der Waals surface area contributed by atoms with Gasteiger partial charge in [-0.05, 0) is 12.8 Å². The van der Waals surface area contributed by atoms with Gasteiger partial charge in [-0.2, -0.15) is 8.78 Å². The molecule has 2 nitrogen and oxygen atoms in total. The van der Waals surface area contributed by atoms with E-state index < -0.39 is 12.1 Å². The summed E-state index contributed by atoms with van der Waals surface area (Å²) in [5.41, 5.74) is 0. The Kier molecular flexibility index (Phi) is 4.62. The first-order valence-electron chi connectivity index (χ1n) is 2.99. The molecule has 10 heavy (non-hydrogen) atoms. The maximum absolute atomic E-state index is 11.4. The molecule has 0 heterocycles. The van der Waals surface area contributed by atoms with Gasteiger partial charge in [-0.15, -0.1) is 0 Å². The summed E-state index contributed by atoms with van der Waals surface area (Å²) in [6, 6.07) is -2.82. The van der Waals surface area contributed by atoms with Crippen LogP contribution in [0.5, 0.6) is 0 Å². The third-order valence-corrected chi connectivity index (χ3v) is 0.997. The minimum Gasteiger partial charge on any atom is -0.261 e. The predicted octanol–water partition coefficient (Wildman–Crippen LogP) is 1.54. The van der Waals surface area contributed by atoms with Gasteiger partial charge in [0.25, 0.3) is 0 Å². The molecule has 0 aliphatic rings. The fourth-order valence-corrected chi connectivity index (χ4v) is 0.528. The van der Waals surface area contributed by atoms with Crippen molar-refractivity contribution in [1.82, 2.24) is 0 Å². The molecule has 58 valence electrons. The molecule has 4 heteroatoms. The van der Waals surface area contributed by atoms with E-state index in [0.29, 0.717) is 0 Å². The second kappa shape index (κ2) is 5.02. The zero-order valence-corrected chi connectivity index (χ0v) is 5.40. The van der Waals surface area contributed by atoms with E-state index in [0.717, 1.165) is 0 Å². The zero-order chi connectivity index (χ0) is 7.98. The molecule has 0 rings (SSSR count). The third-order valence-electron chi connectivity index (χ3n) is 0.997. The van der Waals surface area contributed by atoms with Gasteiger partial charge in [-0.25, -0.2) is 0 Å². The molecule has 0 saturated carbocycles. The molecule has 0 atom stereocenters. The molecule has 0 unspecified atom stereocenters. The van der Waals surface area contributed by atoms with E-state index in [1.165, 1.54) is 0 Å². The molecule has 0 aromatic heterocycles. The molecule has 0 N–H and O–H groups in total. The van der Waals surface area contributed by atoms with E-state index in [1.54, 1.807) is 0 Å². The fraction of sp³-hybridized carbons (Fsp3) is 0.667. The lowest BCUT2D eigenvalue weighted by Crippen LogP contribution is -1.90. The van der Waals surface area contributed by atoms with Crippen LogP contribution in [-0.4, -0.2) is 12.1 Å². The van der Waals surface area contributed by atoms with Crippen molar-refractivity contribution in [3.8, 4) is 0 Å². The summed E-state index contributed by atoms with van der Waals surface area (Å²) < 4.78 is 22.8. The average molecular weight is 150 g/mol. The SMILES string of the molecule is O=C(F)CCCCC(=O)F. The first kappa shape index (κ1) is 9.20. The fourth-order valence-electron chi connectivity index (χ4n) is 0.528. The highest BCUT2D eigenvalue weighted by atomic mass is 19.1. The van der Waals surface area contributed by atoms with Crippen LogP contribution in [-0.2, 0) is 9.59 Å². The van der Waals surface area contributed by atoms with Crippen LogP contribution in [0.4, 0.5) is 8.78 Å². The smallest absolute Gasteiger partial charge is 0.261 e. The molecule has 0 aliphatic heterocycles. The Labute approximate surface area is 57.2 Å². The molecule has 0 amide bonds. The van der Waals surface area contributed by atoms with Gasteiger partial charge >= 0.3 is 12.1 Å². The number of hydrogen-bond acceptors (Lipinski definition) is 2. The summed E-state index contributed by atoms with van der Waals surface area (Å²) in [5, 5.41) is 0. The average Bonchev–Trinajstić information content (AvgIpc) is 1.79. The van der Waals surface area contributed by atoms with Crippen molar-refractivity contribution in [2.45, 2.75) is 25.7 Å². The van der Waals surface area contributed by atoms with Crippen LogP contribution in [0.3, 0.4) is 0 Å². The van der Waals surface area contributed by atoms with Gasteiger partial charge in [0.2, 0.25) is 0 Å². The van der Waals surface area contributed by atoms with Crippen molar-refractivity contribution in [2.75, 3.05) is 0 Å². The lowest BCUT2D eigenvalue weighted by Gasteiger charge is -1.89. The van der Waals surface area contributed by atoms with E-state index in [2.05, 4.69) is 0 Å². The monoisotopic (exact) mass is 150 g/mol. The highest BCUT2D eigenvalue weighted by molar-refractivity contribution is 5.68.